The fourth-order valence-corrected chi connectivity index (χ4v) is 3.51. The molecule has 2 fully saturated rings. The van der Waals surface area contributed by atoms with Gasteiger partial charge in [0.05, 0.1) is 18.8 Å². The molecule has 0 bridgehead atoms. The van der Waals surface area contributed by atoms with E-state index in [1.54, 1.807) is 0 Å². The van der Waals surface area contributed by atoms with Crippen LogP contribution in [0.15, 0.2) is 0 Å². The second kappa shape index (κ2) is 9.01. The largest absolute Gasteiger partial charge is 0.389 e. The summed E-state index contributed by atoms with van der Waals surface area (Å²) in [7, 11) is 0. The molecule has 0 heterocycles. The first-order chi connectivity index (χ1) is 9.79. The quantitative estimate of drug-likeness (QED) is 0.639. The van der Waals surface area contributed by atoms with Gasteiger partial charge in [0.2, 0.25) is 0 Å². The monoisotopic (exact) mass is 283 g/mol. The lowest BCUT2D eigenvalue weighted by atomic mass is 9.83. The van der Waals surface area contributed by atoms with Crippen LogP contribution in [0, 0.1) is 11.8 Å². The van der Waals surface area contributed by atoms with Crippen LogP contribution < -0.4 is 5.32 Å². The number of aliphatic hydroxyl groups is 1. The Balaban J connectivity index is 1.50. The molecule has 2 aliphatic carbocycles. The minimum absolute atomic E-state index is 0.351. The molecular weight excluding hydrogens is 250 g/mol. The zero-order chi connectivity index (χ0) is 14.2. The summed E-state index contributed by atoms with van der Waals surface area (Å²) < 4.78 is 5.97. The van der Waals surface area contributed by atoms with Crippen molar-refractivity contribution in [3.05, 3.63) is 0 Å². The van der Waals surface area contributed by atoms with Gasteiger partial charge in [0, 0.05) is 6.54 Å². The van der Waals surface area contributed by atoms with E-state index in [0.717, 1.165) is 12.5 Å². The number of aliphatic hydroxyl groups excluding tert-OH is 1. The standard InChI is InChI=1S/C17H33NO2/c1-2-15-8-3-4-9-17(15)20-13-16(19)12-18-11-10-14-6-5-7-14/h14-19H,2-13H2,1H3. The average Bonchev–Trinajstić information content (AvgIpc) is 2.43. The predicted octanol–water partition coefficient (Wildman–Crippen LogP) is 3.11. The highest BCUT2D eigenvalue weighted by molar-refractivity contribution is 4.76. The second-order valence-corrected chi connectivity index (χ2v) is 6.77. The Morgan fingerprint density at radius 3 is 2.65 bits per heavy atom. The van der Waals surface area contributed by atoms with Crippen molar-refractivity contribution in [2.24, 2.45) is 11.8 Å². The average molecular weight is 283 g/mol. The Bertz CT molecular complexity index is 255. The van der Waals surface area contributed by atoms with E-state index in [9.17, 15) is 5.11 Å². The minimum atomic E-state index is -0.351. The van der Waals surface area contributed by atoms with Gasteiger partial charge in [-0.3, -0.25) is 0 Å². The van der Waals surface area contributed by atoms with E-state index in [1.165, 1.54) is 57.8 Å². The summed E-state index contributed by atoms with van der Waals surface area (Å²) in [5.41, 5.74) is 0. The number of hydrogen-bond donors (Lipinski definition) is 2. The summed E-state index contributed by atoms with van der Waals surface area (Å²) in [6.07, 6.45) is 11.9. The molecule has 0 radical (unpaired) electrons. The van der Waals surface area contributed by atoms with Gasteiger partial charge in [-0.2, -0.15) is 0 Å². The number of rotatable bonds is 9. The molecule has 3 atom stereocenters. The van der Waals surface area contributed by atoms with Crippen LogP contribution in [-0.4, -0.2) is 37.0 Å². The third-order valence-corrected chi connectivity index (χ3v) is 5.20. The van der Waals surface area contributed by atoms with Gasteiger partial charge in [-0.1, -0.05) is 45.4 Å². The van der Waals surface area contributed by atoms with Crippen molar-refractivity contribution < 1.29 is 9.84 Å². The highest BCUT2D eigenvalue weighted by Gasteiger charge is 2.24. The van der Waals surface area contributed by atoms with Crippen molar-refractivity contribution in [1.82, 2.24) is 5.32 Å². The van der Waals surface area contributed by atoms with E-state index < -0.39 is 0 Å². The SMILES string of the molecule is CCC1CCCCC1OCC(O)CNCCC1CCC1. The molecule has 118 valence electrons. The van der Waals surface area contributed by atoms with Gasteiger partial charge in [-0.15, -0.1) is 0 Å². The van der Waals surface area contributed by atoms with Crippen molar-refractivity contribution in [1.29, 1.82) is 0 Å². The van der Waals surface area contributed by atoms with Crippen LogP contribution in [0.5, 0.6) is 0 Å². The van der Waals surface area contributed by atoms with Gasteiger partial charge in [0.1, 0.15) is 0 Å². The van der Waals surface area contributed by atoms with Gasteiger partial charge in [0.15, 0.2) is 0 Å². The molecule has 2 rings (SSSR count). The molecule has 0 aromatic rings. The zero-order valence-corrected chi connectivity index (χ0v) is 13.2. The Kier molecular flexibility index (Phi) is 7.32. The van der Waals surface area contributed by atoms with Crippen LogP contribution >= 0.6 is 0 Å². The third-order valence-electron chi connectivity index (χ3n) is 5.20. The second-order valence-electron chi connectivity index (χ2n) is 6.77. The smallest absolute Gasteiger partial charge is 0.0897 e. The summed E-state index contributed by atoms with van der Waals surface area (Å²) in [4.78, 5) is 0. The third kappa shape index (κ3) is 5.34. The van der Waals surface area contributed by atoms with E-state index in [2.05, 4.69) is 12.2 Å². The molecule has 0 aliphatic heterocycles. The topological polar surface area (TPSA) is 41.5 Å². The van der Waals surface area contributed by atoms with E-state index in [1.807, 2.05) is 0 Å². The molecule has 0 amide bonds. The minimum Gasteiger partial charge on any atom is -0.389 e. The molecule has 0 aromatic carbocycles. The summed E-state index contributed by atoms with van der Waals surface area (Å²) in [6.45, 7) is 4.47. The molecule has 3 unspecified atom stereocenters. The van der Waals surface area contributed by atoms with Crippen LogP contribution in [0.3, 0.4) is 0 Å². The van der Waals surface area contributed by atoms with E-state index in [0.29, 0.717) is 25.2 Å². The highest BCUT2D eigenvalue weighted by atomic mass is 16.5. The van der Waals surface area contributed by atoms with Gasteiger partial charge in [0.25, 0.3) is 0 Å². The molecule has 2 aliphatic rings. The lowest BCUT2D eigenvalue weighted by Crippen LogP contribution is -2.35. The summed E-state index contributed by atoms with van der Waals surface area (Å²) in [5.74, 6) is 1.66. The molecule has 3 nitrogen and oxygen atoms in total. The van der Waals surface area contributed by atoms with E-state index >= 15 is 0 Å². The summed E-state index contributed by atoms with van der Waals surface area (Å²) in [6, 6.07) is 0. The van der Waals surface area contributed by atoms with Crippen LogP contribution in [0.1, 0.15) is 64.7 Å². The first kappa shape index (κ1) is 16.3. The maximum absolute atomic E-state index is 9.99. The number of nitrogens with one attached hydrogen (secondary N) is 1. The van der Waals surface area contributed by atoms with Crippen LogP contribution in [0.25, 0.3) is 0 Å². The van der Waals surface area contributed by atoms with Crippen molar-refractivity contribution >= 4 is 0 Å². The molecule has 3 heteroatoms. The first-order valence-electron chi connectivity index (χ1n) is 8.80. The normalized spacial score (nSPS) is 29.1. The number of hydrogen-bond acceptors (Lipinski definition) is 3. The Morgan fingerprint density at radius 2 is 1.95 bits per heavy atom. The van der Waals surface area contributed by atoms with Gasteiger partial charge in [-0.25, -0.2) is 0 Å². The van der Waals surface area contributed by atoms with Crippen molar-refractivity contribution in [3.63, 3.8) is 0 Å². The molecule has 20 heavy (non-hydrogen) atoms. The fourth-order valence-electron chi connectivity index (χ4n) is 3.51. The van der Waals surface area contributed by atoms with Crippen molar-refractivity contribution in [2.75, 3.05) is 19.7 Å². The number of ether oxygens (including phenoxy) is 1. The Morgan fingerprint density at radius 1 is 1.15 bits per heavy atom. The van der Waals surface area contributed by atoms with Crippen LogP contribution in [-0.2, 0) is 4.74 Å². The molecule has 2 saturated carbocycles. The summed E-state index contributed by atoms with van der Waals surface area (Å²) in [5, 5.41) is 13.4. The van der Waals surface area contributed by atoms with E-state index in [-0.39, 0.29) is 6.10 Å². The molecule has 2 N–H and O–H groups in total. The van der Waals surface area contributed by atoms with Gasteiger partial charge >= 0.3 is 0 Å². The highest BCUT2D eigenvalue weighted by Crippen LogP contribution is 2.29. The van der Waals surface area contributed by atoms with Gasteiger partial charge in [-0.05, 0) is 37.6 Å². The van der Waals surface area contributed by atoms with Crippen LogP contribution in [0.4, 0.5) is 0 Å². The fraction of sp³-hybridized carbons (Fsp3) is 1.00. The maximum Gasteiger partial charge on any atom is 0.0897 e. The predicted molar refractivity (Wildman–Crippen MR) is 82.8 cm³/mol. The Labute approximate surface area is 124 Å². The molecule has 0 aromatic heterocycles. The lowest BCUT2D eigenvalue weighted by Gasteiger charge is -2.31. The van der Waals surface area contributed by atoms with E-state index in [4.69, 9.17) is 4.74 Å². The lowest BCUT2D eigenvalue weighted by molar-refractivity contribution is -0.0499. The zero-order valence-electron chi connectivity index (χ0n) is 13.2. The molecular formula is C17H33NO2. The van der Waals surface area contributed by atoms with Crippen LogP contribution in [0.2, 0.25) is 0 Å². The maximum atomic E-state index is 9.99. The van der Waals surface area contributed by atoms with Gasteiger partial charge < -0.3 is 15.2 Å². The molecule has 0 saturated heterocycles. The molecule has 0 spiro atoms. The Hall–Kier alpha value is -0.120. The van der Waals surface area contributed by atoms with Crippen molar-refractivity contribution in [2.45, 2.75) is 76.9 Å². The first-order valence-corrected chi connectivity index (χ1v) is 8.80. The van der Waals surface area contributed by atoms with Crippen molar-refractivity contribution in [3.8, 4) is 0 Å². The summed E-state index contributed by atoms with van der Waals surface area (Å²) >= 11 is 0.